The summed E-state index contributed by atoms with van der Waals surface area (Å²) < 4.78 is 0. The molecule has 1 atom stereocenters. The molecule has 0 fully saturated rings. The van der Waals surface area contributed by atoms with Gasteiger partial charge in [-0.05, 0) is 31.7 Å². The van der Waals surface area contributed by atoms with Crippen molar-refractivity contribution in [3.05, 3.63) is 29.8 Å². The van der Waals surface area contributed by atoms with E-state index in [1.54, 1.807) is 0 Å². The molecule has 0 saturated heterocycles. The summed E-state index contributed by atoms with van der Waals surface area (Å²) in [6, 6.07) is 8.02. The lowest BCUT2D eigenvalue weighted by Crippen LogP contribution is -2.20. The van der Waals surface area contributed by atoms with Gasteiger partial charge in [0.25, 0.3) is 0 Å². The second-order valence-electron chi connectivity index (χ2n) is 4.69. The molecule has 0 heterocycles. The van der Waals surface area contributed by atoms with Gasteiger partial charge in [0.2, 0.25) is 0 Å². The third-order valence-corrected chi connectivity index (χ3v) is 3.25. The van der Waals surface area contributed by atoms with Crippen LogP contribution >= 0.6 is 0 Å². The summed E-state index contributed by atoms with van der Waals surface area (Å²) in [5.74, 6) is 0. The lowest BCUT2D eigenvalue weighted by Gasteiger charge is -2.24. The number of benzene rings is 1. The second-order valence-corrected chi connectivity index (χ2v) is 4.69. The van der Waals surface area contributed by atoms with Gasteiger partial charge in [-0.3, -0.25) is 0 Å². The largest absolute Gasteiger partial charge is 0.396 e. The fraction of sp³-hybridized carbons (Fsp3) is 0.600. The molecular formula is C15H25NO2. The van der Waals surface area contributed by atoms with Crippen molar-refractivity contribution in [1.82, 2.24) is 0 Å². The van der Waals surface area contributed by atoms with Crippen molar-refractivity contribution in [3.8, 4) is 0 Å². The van der Waals surface area contributed by atoms with E-state index < -0.39 is 0 Å². The molecule has 18 heavy (non-hydrogen) atoms. The van der Waals surface area contributed by atoms with Crippen molar-refractivity contribution >= 4 is 5.69 Å². The van der Waals surface area contributed by atoms with Crippen molar-refractivity contribution in [3.63, 3.8) is 0 Å². The van der Waals surface area contributed by atoms with Crippen molar-refractivity contribution in [1.29, 1.82) is 0 Å². The zero-order valence-corrected chi connectivity index (χ0v) is 11.5. The molecule has 0 amide bonds. The van der Waals surface area contributed by atoms with Gasteiger partial charge in [0.1, 0.15) is 0 Å². The van der Waals surface area contributed by atoms with Crippen LogP contribution in [0, 0.1) is 0 Å². The second kappa shape index (κ2) is 8.11. The van der Waals surface area contributed by atoms with Crippen LogP contribution in [0.3, 0.4) is 0 Å². The van der Waals surface area contributed by atoms with Crippen molar-refractivity contribution < 1.29 is 10.2 Å². The Kier molecular flexibility index (Phi) is 6.76. The molecule has 1 aromatic rings. The van der Waals surface area contributed by atoms with Crippen LogP contribution in [-0.4, -0.2) is 30.4 Å². The molecule has 0 unspecified atom stereocenters. The summed E-state index contributed by atoms with van der Waals surface area (Å²) in [5.41, 5.74) is 2.11. The van der Waals surface area contributed by atoms with E-state index in [1.807, 2.05) is 25.1 Å². The first kappa shape index (κ1) is 15.0. The number of rotatable bonds is 8. The number of hydrogen-bond donors (Lipinski definition) is 2. The average molecular weight is 251 g/mol. The Hall–Kier alpha value is -1.06. The number of aliphatic hydroxyl groups excluding tert-OH is 2. The molecule has 0 spiro atoms. The minimum absolute atomic E-state index is 0.273. The van der Waals surface area contributed by atoms with Crippen LogP contribution in [-0.2, 0) is 0 Å². The molecule has 2 N–H and O–H groups in total. The Labute approximate surface area is 110 Å². The Bertz CT molecular complexity index is 341. The number of hydrogen-bond acceptors (Lipinski definition) is 3. The van der Waals surface area contributed by atoms with Gasteiger partial charge in [-0.1, -0.05) is 25.1 Å². The Morgan fingerprint density at radius 3 is 2.56 bits per heavy atom. The van der Waals surface area contributed by atoms with Gasteiger partial charge < -0.3 is 15.1 Å². The van der Waals surface area contributed by atoms with Crippen LogP contribution < -0.4 is 4.90 Å². The number of para-hydroxylation sites is 1. The quantitative estimate of drug-likeness (QED) is 0.698. The van der Waals surface area contributed by atoms with E-state index in [2.05, 4.69) is 18.0 Å². The minimum Gasteiger partial charge on any atom is -0.396 e. The molecule has 0 aliphatic carbocycles. The third-order valence-electron chi connectivity index (χ3n) is 3.25. The maximum atomic E-state index is 10.0. The van der Waals surface area contributed by atoms with Crippen LogP contribution in [0.15, 0.2) is 24.3 Å². The molecule has 0 aromatic heterocycles. The summed E-state index contributed by atoms with van der Waals surface area (Å²) in [6.45, 7) is 3.21. The maximum Gasteiger partial charge on any atom is 0.0807 e. The van der Waals surface area contributed by atoms with Crippen LogP contribution in [0.1, 0.15) is 44.3 Å². The fourth-order valence-corrected chi connectivity index (χ4v) is 2.09. The monoisotopic (exact) mass is 251 g/mol. The van der Waals surface area contributed by atoms with Crippen LogP contribution in [0.5, 0.6) is 0 Å². The van der Waals surface area contributed by atoms with Crippen LogP contribution in [0.25, 0.3) is 0 Å². The van der Waals surface area contributed by atoms with Gasteiger partial charge in [0, 0.05) is 31.5 Å². The first-order chi connectivity index (χ1) is 8.70. The first-order valence-corrected chi connectivity index (χ1v) is 6.79. The standard InChI is InChI=1S/C15H25NO2/c1-3-15(18)13-9-5-6-10-14(13)16(2)11-7-4-8-12-17/h5-6,9-10,15,17-18H,3-4,7-8,11-12H2,1-2H3/t15-/m0/s1. The number of unbranched alkanes of at least 4 members (excludes halogenated alkanes) is 2. The molecule has 0 bridgehead atoms. The van der Waals surface area contributed by atoms with E-state index in [-0.39, 0.29) is 12.7 Å². The number of aliphatic hydroxyl groups is 2. The molecule has 0 aliphatic rings. The fourth-order valence-electron chi connectivity index (χ4n) is 2.09. The SMILES string of the molecule is CC[C@H](O)c1ccccc1N(C)CCCCCO. The first-order valence-electron chi connectivity index (χ1n) is 6.79. The van der Waals surface area contributed by atoms with Crippen molar-refractivity contribution in [2.24, 2.45) is 0 Å². The highest BCUT2D eigenvalue weighted by Gasteiger charge is 2.12. The topological polar surface area (TPSA) is 43.7 Å². The molecule has 0 saturated carbocycles. The van der Waals surface area contributed by atoms with Gasteiger partial charge in [-0.15, -0.1) is 0 Å². The van der Waals surface area contributed by atoms with E-state index in [0.29, 0.717) is 0 Å². The highest BCUT2D eigenvalue weighted by atomic mass is 16.3. The predicted octanol–water partition coefficient (Wildman–Crippen LogP) is 2.73. The Morgan fingerprint density at radius 1 is 1.17 bits per heavy atom. The predicted molar refractivity (Wildman–Crippen MR) is 75.9 cm³/mol. The Balaban J connectivity index is 2.63. The molecule has 0 radical (unpaired) electrons. The summed E-state index contributed by atoms with van der Waals surface area (Å²) in [4.78, 5) is 2.19. The molecule has 1 rings (SSSR count). The van der Waals surface area contributed by atoms with E-state index in [0.717, 1.165) is 43.5 Å². The van der Waals surface area contributed by atoms with Crippen LogP contribution in [0.4, 0.5) is 5.69 Å². The van der Waals surface area contributed by atoms with Crippen molar-refractivity contribution in [2.75, 3.05) is 25.1 Å². The summed E-state index contributed by atoms with van der Waals surface area (Å²) in [6.07, 6.45) is 3.32. The summed E-state index contributed by atoms with van der Waals surface area (Å²) >= 11 is 0. The zero-order valence-electron chi connectivity index (χ0n) is 11.5. The highest BCUT2D eigenvalue weighted by Crippen LogP contribution is 2.27. The smallest absolute Gasteiger partial charge is 0.0807 e. The molecule has 102 valence electrons. The average Bonchev–Trinajstić information content (AvgIpc) is 2.42. The minimum atomic E-state index is -0.388. The van der Waals surface area contributed by atoms with Gasteiger partial charge >= 0.3 is 0 Å². The van der Waals surface area contributed by atoms with E-state index in [9.17, 15) is 5.11 Å². The summed E-state index contributed by atoms with van der Waals surface area (Å²) in [5, 5.41) is 18.8. The van der Waals surface area contributed by atoms with Crippen molar-refractivity contribution in [2.45, 2.75) is 38.7 Å². The molecule has 0 aliphatic heterocycles. The summed E-state index contributed by atoms with van der Waals surface area (Å²) in [7, 11) is 2.06. The molecular weight excluding hydrogens is 226 g/mol. The van der Waals surface area contributed by atoms with E-state index in [4.69, 9.17) is 5.11 Å². The highest BCUT2D eigenvalue weighted by molar-refractivity contribution is 5.54. The lowest BCUT2D eigenvalue weighted by molar-refractivity contribution is 0.174. The number of anilines is 1. The zero-order chi connectivity index (χ0) is 13.4. The molecule has 1 aromatic carbocycles. The molecule has 3 heteroatoms. The lowest BCUT2D eigenvalue weighted by atomic mass is 10.0. The van der Waals surface area contributed by atoms with Gasteiger partial charge in [0.15, 0.2) is 0 Å². The van der Waals surface area contributed by atoms with E-state index >= 15 is 0 Å². The van der Waals surface area contributed by atoms with Crippen LogP contribution in [0.2, 0.25) is 0 Å². The normalized spacial score (nSPS) is 12.4. The van der Waals surface area contributed by atoms with Gasteiger partial charge in [-0.2, -0.15) is 0 Å². The molecule has 3 nitrogen and oxygen atoms in total. The third kappa shape index (κ3) is 4.31. The van der Waals surface area contributed by atoms with Gasteiger partial charge in [0.05, 0.1) is 6.10 Å². The maximum absolute atomic E-state index is 10.0. The number of nitrogens with zero attached hydrogens (tertiary/aromatic N) is 1. The van der Waals surface area contributed by atoms with Gasteiger partial charge in [-0.25, -0.2) is 0 Å². The van der Waals surface area contributed by atoms with E-state index in [1.165, 1.54) is 0 Å². The Morgan fingerprint density at radius 2 is 1.89 bits per heavy atom.